The third-order valence-electron chi connectivity index (χ3n) is 5.14. The number of pyridine rings is 1. The van der Waals surface area contributed by atoms with Gasteiger partial charge in [0.15, 0.2) is 0 Å². The van der Waals surface area contributed by atoms with Crippen molar-refractivity contribution in [2.45, 2.75) is 0 Å². The summed E-state index contributed by atoms with van der Waals surface area (Å²) >= 11 is 0. The summed E-state index contributed by atoms with van der Waals surface area (Å²) in [6.45, 7) is 0. The number of hydrogen-bond donors (Lipinski definition) is 3. The van der Waals surface area contributed by atoms with Gasteiger partial charge in [-0.1, -0.05) is 6.07 Å². The van der Waals surface area contributed by atoms with Crippen LogP contribution in [0.4, 0.5) is 15.8 Å². The Morgan fingerprint density at radius 1 is 0.714 bits per heavy atom. The number of nitrogens with one attached hydrogen (secondary N) is 2. The molecule has 8 nitrogen and oxygen atoms in total. The van der Waals surface area contributed by atoms with Crippen molar-refractivity contribution < 1.29 is 18.8 Å². The molecule has 0 bridgehead atoms. The standard InChI is InChI=1S/C26H19FN4O4/c27-19-9-4-16(5-10-19)26(35)30-22-15-18(24(28)33)8-13-21(22)29-25(34)17-6-11-20(12-7-17)31-14-2-1-3-23(31)32/h1-15H,(H2,28,33)(H,29,34)(H,30,35). The maximum atomic E-state index is 13.2. The van der Waals surface area contributed by atoms with Crippen LogP contribution in [0.1, 0.15) is 31.1 Å². The summed E-state index contributed by atoms with van der Waals surface area (Å²) in [5, 5.41) is 5.31. The maximum Gasteiger partial charge on any atom is 0.255 e. The van der Waals surface area contributed by atoms with E-state index < -0.39 is 23.5 Å². The second-order valence-electron chi connectivity index (χ2n) is 7.50. The lowest BCUT2D eigenvalue weighted by atomic mass is 10.1. The van der Waals surface area contributed by atoms with Gasteiger partial charge in [0.25, 0.3) is 17.4 Å². The highest BCUT2D eigenvalue weighted by Crippen LogP contribution is 2.25. The average Bonchev–Trinajstić information content (AvgIpc) is 2.85. The van der Waals surface area contributed by atoms with E-state index in [1.165, 1.54) is 41.0 Å². The van der Waals surface area contributed by atoms with Crippen LogP contribution in [0, 0.1) is 5.82 Å². The summed E-state index contributed by atoms with van der Waals surface area (Å²) in [7, 11) is 0. The molecule has 0 unspecified atom stereocenters. The second-order valence-corrected chi connectivity index (χ2v) is 7.50. The number of carbonyl (C=O) groups excluding carboxylic acids is 3. The van der Waals surface area contributed by atoms with E-state index in [2.05, 4.69) is 10.6 Å². The molecule has 0 fully saturated rings. The predicted octanol–water partition coefficient (Wildman–Crippen LogP) is 3.58. The summed E-state index contributed by atoms with van der Waals surface area (Å²) in [5.74, 6) is -2.26. The lowest BCUT2D eigenvalue weighted by Crippen LogP contribution is -2.19. The van der Waals surface area contributed by atoms with Crippen LogP contribution in [0.2, 0.25) is 0 Å². The molecule has 3 aromatic carbocycles. The summed E-state index contributed by atoms with van der Waals surface area (Å²) in [5.41, 5.74) is 6.69. The molecule has 0 saturated carbocycles. The van der Waals surface area contributed by atoms with Crippen molar-refractivity contribution in [3.8, 4) is 5.69 Å². The molecule has 4 N–H and O–H groups in total. The summed E-state index contributed by atoms with van der Waals surface area (Å²) < 4.78 is 14.6. The van der Waals surface area contributed by atoms with Crippen molar-refractivity contribution in [3.63, 3.8) is 0 Å². The molecule has 174 valence electrons. The Hall–Kier alpha value is -5.05. The molecule has 35 heavy (non-hydrogen) atoms. The highest BCUT2D eigenvalue weighted by Gasteiger charge is 2.15. The number of nitrogens with zero attached hydrogens (tertiary/aromatic N) is 1. The molecule has 0 aliphatic carbocycles. The van der Waals surface area contributed by atoms with Crippen LogP contribution < -0.4 is 21.9 Å². The van der Waals surface area contributed by atoms with Gasteiger partial charge in [-0.2, -0.15) is 0 Å². The number of hydrogen-bond acceptors (Lipinski definition) is 4. The SMILES string of the molecule is NC(=O)c1ccc(NC(=O)c2ccc(-n3ccccc3=O)cc2)c(NC(=O)c2ccc(F)cc2)c1. The normalized spacial score (nSPS) is 10.4. The van der Waals surface area contributed by atoms with E-state index in [0.717, 1.165) is 12.1 Å². The van der Waals surface area contributed by atoms with Crippen molar-refractivity contribution in [1.82, 2.24) is 4.57 Å². The number of amides is 3. The van der Waals surface area contributed by atoms with Gasteiger partial charge < -0.3 is 16.4 Å². The second kappa shape index (κ2) is 9.84. The number of anilines is 2. The van der Waals surface area contributed by atoms with Crippen molar-refractivity contribution >= 4 is 29.1 Å². The fourth-order valence-corrected chi connectivity index (χ4v) is 3.31. The minimum atomic E-state index is -0.716. The lowest BCUT2D eigenvalue weighted by molar-refractivity contribution is 0.0996. The number of halogens is 1. The van der Waals surface area contributed by atoms with Gasteiger partial charge in [-0.05, 0) is 72.8 Å². The first-order valence-electron chi connectivity index (χ1n) is 10.4. The van der Waals surface area contributed by atoms with Crippen LogP contribution in [0.25, 0.3) is 5.69 Å². The zero-order valence-corrected chi connectivity index (χ0v) is 18.2. The van der Waals surface area contributed by atoms with E-state index in [9.17, 15) is 23.6 Å². The zero-order chi connectivity index (χ0) is 24.9. The third kappa shape index (κ3) is 5.31. The molecule has 9 heteroatoms. The van der Waals surface area contributed by atoms with Gasteiger partial charge in [0.2, 0.25) is 5.91 Å². The van der Waals surface area contributed by atoms with E-state index in [1.807, 2.05) is 0 Å². The van der Waals surface area contributed by atoms with E-state index in [0.29, 0.717) is 11.3 Å². The lowest BCUT2D eigenvalue weighted by Gasteiger charge is -2.14. The van der Waals surface area contributed by atoms with Crippen molar-refractivity contribution in [3.05, 3.63) is 124 Å². The molecular weight excluding hydrogens is 451 g/mol. The smallest absolute Gasteiger partial charge is 0.255 e. The molecule has 4 aromatic rings. The average molecular weight is 470 g/mol. The Morgan fingerprint density at radius 3 is 1.89 bits per heavy atom. The molecule has 0 saturated heterocycles. The highest BCUT2D eigenvalue weighted by atomic mass is 19.1. The van der Waals surface area contributed by atoms with Crippen LogP contribution >= 0.6 is 0 Å². The number of benzene rings is 3. The van der Waals surface area contributed by atoms with E-state index >= 15 is 0 Å². The van der Waals surface area contributed by atoms with Gasteiger partial charge >= 0.3 is 0 Å². The minimum Gasteiger partial charge on any atom is -0.366 e. The van der Waals surface area contributed by atoms with Gasteiger partial charge in [-0.3, -0.25) is 23.7 Å². The van der Waals surface area contributed by atoms with Crippen LogP contribution in [-0.4, -0.2) is 22.3 Å². The molecule has 1 heterocycles. The number of rotatable bonds is 6. The van der Waals surface area contributed by atoms with Crippen LogP contribution in [0.15, 0.2) is 95.9 Å². The summed E-state index contributed by atoms with van der Waals surface area (Å²) in [4.78, 5) is 49.1. The number of carbonyl (C=O) groups is 3. The predicted molar refractivity (Wildman–Crippen MR) is 129 cm³/mol. The third-order valence-corrected chi connectivity index (χ3v) is 5.14. The van der Waals surface area contributed by atoms with Gasteiger partial charge in [0.1, 0.15) is 5.82 Å². The Morgan fingerprint density at radius 2 is 1.29 bits per heavy atom. The molecule has 0 aliphatic rings. The van der Waals surface area contributed by atoms with Gasteiger partial charge in [0.05, 0.1) is 11.4 Å². The van der Waals surface area contributed by atoms with Gasteiger partial charge in [-0.25, -0.2) is 4.39 Å². The summed E-state index contributed by atoms with van der Waals surface area (Å²) in [6.07, 6.45) is 1.62. The minimum absolute atomic E-state index is 0.120. The summed E-state index contributed by atoms with van der Waals surface area (Å²) in [6, 6.07) is 20.2. The highest BCUT2D eigenvalue weighted by molar-refractivity contribution is 6.11. The molecule has 0 radical (unpaired) electrons. The van der Waals surface area contributed by atoms with E-state index in [1.54, 1.807) is 42.6 Å². The van der Waals surface area contributed by atoms with Crippen LogP contribution in [0.5, 0.6) is 0 Å². The quantitative estimate of drug-likeness (QED) is 0.399. The van der Waals surface area contributed by atoms with Gasteiger partial charge in [0, 0.05) is 34.6 Å². The van der Waals surface area contributed by atoms with Crippen molar-refractivity contribution in [1.29, 1.82) is 0 Å². The fourth-order valence-electron chi connectivity index (χ4n) is 3.31. The number of aromatic nitrogens is 1. The molecular formula is C26H19FN4O4. The zero-order valence-electron chi connectivity index (χ0n) is 18.2. The molecule has 0 spiro atoms. The monoisotopic (exact) mass is 470 g/mol. The Balaban J connectivity index is 1.58. The van der Waals surface area contributed by atoms with Crippen molar-refractivity contribution in [2.75, 3.05) is 10.6 Å². The maximum absolute atomic E-state index is 13.2. The van der Waals surface area contributed by atoms with Gasteiger partial charge in [-0.15, -0.1) is 0 Å². The first-order valence-corrected chi connectivity index (χ1v) is 10.4. The molecule has 0 atom stereocenters. The first-order chi connectivity index (χ1) is 16.8. The fraction of sp³-hybridized carbons (Fsp3) is 0. The van der Waals surface area contributed by atoms with Crippen LogP contribution in [0.3, 0.4) is 0 Å². The largest absolute Gasteiger partial charge is 0.366 e. The molecule has 3 amide bonds. The Kier molecular flexibility index (Phi) is 6.50. The Bertz CT molecular complexity index is 1480. The first kappa shape index (κ1) is 23.1. The van der Waals surface area contributed by atoms with E-state index in [4.69, 9.17) is 5.73 Å². The number of primary amides is 1. The Labute approximate surface area is 198 Å². The molecule has 1 aromatic heterocycles. The van der Waals surface area contributed by atoms with Crippen molar-refractivity contribution in [2.24, 2.45) is 5.73 Å². The van der Waals surface area contributed by atoms with E-state index in [-0.39, 0.29) is 28.1 Å². The topological polar surface area (TPSA) is 123 Å². The molecule has 0 aliphatic heterocycles. The number of nitrogens with two attached hydrogens (primary N) is 1. The molecule has 4 rings (SSSR count). The van der Waals surface area contributed by atoms with Crippen LogP contribution in [-0.2, 0) is 0 Å².